The molecule has 1 aromatic heterocycles. The van der Waals surface area contributed by atoms with Gasteiger partial charge in [0.05, 0.1) is 5.56 Å². The zero-order chi connectivity index (χ0) is 15.9. The number of benzene rings is 1. The van der Waals surface area contributed by atoms with Crippen LogP contribution in [-0.4, -0.2) is 29.8 Å². The summed E-state index contributed by atoms with van der Waals surface area (Å²) in [5, 5.41) is 6.54. The number of nitrogens with zero attached hydrogens (tertiary/aromatic N) is 1. The molecule has 0 aliphatic rings. The molecular weight excluding hydrogens is 296 g/mol. The monoisotopic (exact) mass is 316 g/mol. The van der Waals surface area contributed by atoms with Crippen molar-refractivity contribution < 1.29 is 9.59 Å². The SMILES string of the molecule is CCCN(CC(=O)Nc1ccccc1C)C(=O)c1ccsc1. The predicted octanol–water partition coefficient (Wildman–Crippen LogP) is 3.55. The van der Waals surface area contributed by atoms with Crippen molar-refractivity contribution in [2.75, 3.05) is 18.4 Å². The van der Waals surface area contributed by atoms with Gasteiger partial charge in [0.15, 0.2) is 0 Å². The third-order valence-corrected chi connectivity index (χ3v) is 3.99. The van der Waals surface area contributed by atoms with Crippen molar-refractivity contribution in [2.24, 2.45) is 0 Å². The van der Waals surface area contributed by atoms with Gasteiger partial charge in [0.1, 0.15) is 6.54 Å². The zero-order valence-electron chi connectivity index (χ0n) is 12.8. The lowest BCUT2D eigenvalue weighted by Gasteiger charge is -2.21. The van der Waals surface area contributed by atoms with Crippen LogP contribution >= 0.6 is 11.3 Å². The highest BCUT2D eigenvalue weighted by Crippen LogP contribution is 2.14. The zero-order valence-corrected chi connectivity index (χ0v) is 13.7. The molecule has 1 aromatic carbocycles. The Morgan fingerprint density at radius 1 is 1.23 bits per heavy atom. The fourth-order valence-electron chi connectivity index (χ4n) is 2.17. The Kier molecular flexibility index (Phi) is 5.72. The Balaban J connectivity index is 2.03. The number of rotatable bonds is 6. The van der Waals surface area contributed by atoms with Crippen LogP contribution < -0.4 is 5.32 Å². The van der Waals surface area contributed by atoms with Crippen LogP contribution in [0.3, 0.4) is 0 Å². The lowest BCUT2D eigenvalue weighted by molar-refractivity contribution is -0.116. The van der Waals surface area contributed by atoms with Crippen LogP contribution in [0.15, 0.2) is 41.1 Å². The van der Waals surface area contributed by atoms with Crippen LogP contribution in [0.5, 0.6) is 0 Å². The number of nitrogens with one attached hydrogen (secondary N) is 1. The average molecular weight is 316 g/mol. The van der Waals surface area contributed by atoms with E-state index in [4.69, 9.17) is 0 Å². The molecule has 2 aromatic rings. The van der Waals surface area contributed by atoms with Crippen LogP contribution in [0.1, 0.15) is 29.3 Å². The number of anilines is 1. The van der Waals surface area contributed by atoms with E-state index < -0.39 is 0 Å². The summed E-state index contributed by atoms with van der Waals surface area (Å²) in [5.41, 5.74) is 2.43. The summed E-state index contributed by atoms with van der Waals surface area (Å²) in [7, 11) is 0. The highest BCUT2D eigenvalue weighted by molar-refractivity contribution is 7.08. The van der Waals surface area contributed by atoms with Crippen molar-refractivity contribution in [2.45, 2.75) is 20.3 Å². The van der Waals surface area contributed by atoms with Gasteiger partial charge >= 0.3 is 0 Å². The summed E-state index contributed by atoms with van der Waals surface area (Å²) in [6.07, 6.45) is 0.813. The number of amides is 2. The van der Waals surface area contributed by atoms with E-state index in [2.05, 4.69) is 5.32 Å². The lowest BCUT2D eigenvalue weighted by Crippen LogP contribution is -2.38. The summed E-state index contributed by atoms with van der Waals surface area (Å²) >= 11 is 1.48. The molecule has 4 nitrogen and oxygen atoms in total. The van der Waals surface area contributed by atoms with E-state index in [1.165, 1.54) is 11.3 Å². The van der Waals surface area contributed by atoms with Crippen molar-refractivity contribution in [1.29, 1.82) is 0 Å². The molecule has 0 aliphatic carbocycles. The van der Waals surface area contributed by atoms with Gasteiger partial charge in [0.25, 0.3) is 5.91 Å². The Hall–Kier alpha value is -2.14. The molecule has 2 amide bonds. The average Bonchev–Trinajstić information content (AvgIpc) is 3.03. The number of hydrogen-bond donors (Lipinski definition) is 1. The van der Waals surface area contributed by atoms with Gasteiger partial charge in [-0.15, -0.1) is 0 Å². The number of thiophene rings is 1. The molecule has 0 radical (unpaired) electrons. The summed E-state index contributed by atoms with van der Waals surface area (Å²) < 4.78 is 0. The van der Waals surface area contributed by atoms with Gasteiger partial charge in [-0.3, -0.25) is 9.59 Å². The summed E-state index contributed by atoms with van der Waals surface area (Å²) in [6, 6.07) is 9.39. The number of carbonyl (C=O) groups excluding carboxylic acids is 2. The molecule has 0 aliphatic heterocycles. The number of para-hydroxylation sites is 1. The van der Waals surface area contributed by atoms with E-state index >= 15 is 0 Å². The minimum Gasteiger partial charge on any atom is -0.329 e. The first kappa shape index (κ1) is 16.2. The third-order valence-electron chi connectivity index (χ3n) is 3.30. The van der Waals surface area contributed by atoms with Gasteiger partial charge in [-0.2, -0.15) is 11.3 Å². The molecule has 0 saturated heterocycles. The molecule has 1 heterocycles. The Morgan fingerprint density at radius 3 is 2.64 bits per heavy atom. The van der Waals surface area contributed by atoms with Crippen LogP contribution in [0.4, 0.5) is 5.69 Å². The first-order chi connectivity index (χ1) is 10.6. The van der Waals surface area contributed by atoms with Gasteiger partial charge in [-0.25, -0.2) is 0 Å². The summed E-state index contributed by atoms with van der Waals surface area (Å²) in [4.78, 5) is 26.2. The maximum Gasteiger partial charge on any atom is 0.255 e. The highest BCUT2D eigenvalue weighted by Gasteiger charge is 2.18. The van der Waals surface area contributed by atoms with E-state index in [1.54, 1.807) is 11.0 Å². The van der Waals surface area contributed by atoms with Crippen LogP contribution in [0.25, 0.3) is 0 Å². The van der Waals surface area contributed by atoms with E-state index in [9.17, 15) is 9.59 Å². The lowest BCUT2D eigenvalue weighted by atomic mass is 10.2. The van der Waals surface area contributed by atoms with Gasteiger partial charge < -0.3 is 10.2 Å². The topological polar surface area (TPSA) is 49.4 Å². The molecule has 22 heavy (non-hydrogen) atoms. The maximum atomic E-state index is 12.4. The summed E-state index contributed by atoms with van der Waals surface area (Å²) in [5.74, 6) is -0.269. The predicted molar refractivity (Wildman–Crippen MR) is 90.3 cm³/mol. The number of hydrogen-bond acceptors (Lipinski definition) is 3. The molecule has 2 rings (SSSR count). The van der Waals surface area contributed by atoms with E-state index in [1.807, 2.05) is 48.9 Å². The fourth-order valence-corrected chi connectivity index (χ4v) is 2.80. The molecule has 1 N–H and O–H groups in total. The summed E-state index contributed by atoms with van der Waals surface area (Å²) in [6.45, 7) is 4.57. The first-order valence-corrected chi connectivity index (χ1v) is 8.23. The Morgan fingerprint density at radius 2 is 2.00 bits per heavy atom. The third kappa shape index (κ3) is 4.18. The molecule has 116 valence electrons. The molecule has 0 spiro atoms. The van der Waals surface area contributed by atoms with Crippen molar-refractivity contribution in [3.05, 3.63) is 52.2 Å². The molecule has 0 saturated carbocycles. The number of carbonyl (C=O) groups is 2. The minimum absolute atomic E-state index is 0.0663. The fraction of sp³-hybridized carbons (Fsp3) is 0.294. The van der Waals surface area contributed by atoms with Crippen LogP contribution in [0, 0.1) is 6.92 Å². The van der Waals surface area contributed by atoms with E-state index in [0.29, 0.717) is 12.1 Å². The van der Waals surface area contributed by atoms with E-state index in [0.717, 1.165) is 17.7 Å². The second-order valence-corrected chi connectivity index (χ2v) is 5.88. The Bertz CT molecular complexity index is 638. The Labute approximate surface area is 134 Å². The van der Waals surface area contributed by atoms with Crippen molar-refractivity contribution in [3.8, 4) is 0 Å². The van der Waals surface area contributed by atoms with Gasteiger partial charge in [0, 0.05) is 17.6 Å². The largest absolute Gasteiger partial charge is 0.329 e. The molecule has 0 fully saturated rings. The second kappa shape index (κ2) is 7.75. The minimum atomic E-state index is -0.175. The maximum absolute atomic E-state index is 12.4. The van der Waals surface area contributed by atoms with Crippen molar-refractivity contribution in [1.82, 2.24) is 4.90 Å². The van der Waals surface area contributed by atoms with Crippen LogP contribution in [0.2, 0.25) is 0 Å². The van der Waals surface area contributed by atoms with Crippen molar-refractivity contribution >= 4 is 28.8 Å². The normalized spacial score (nSPS) is 10.3. The van der Waals surface area contributed by atoms with E-state index in [-0.39, 0.29) is 18.4 Å². The number of aryl methyl sites for hydroxylation is 1. The smallest absolute Gasteiger partial charge is 0.255 e. The second-order valence-electron chi connectivity index (χ2n) is 5.10. The quantitative estimate of drug-likeness (QED) is 0.886. The van der Waals surface area contributed by atoms with Gasteiger partial charge in [-0.1, -0.05) is 25.1 Å². The molecule has 0 atom stereocenters. The molecule has 0 bridgehead atoms. The molecular formula is C17H20N2O2S. The first-order valence-electron chi connectivity index (χ1n) is 7.28. The van der Waals surface area contributed by atoms with Gasteiger partial charge in [0.2, 0.25) is 5.91 Å². The van der Waals surface area contributed by atoms with Crippen LogP contribution in [-0.2, 0) is 4.79 Å². The standard InChI is InChI=1S/C17H20N2O2S/c1-3-9-19(17(21)14-8-10-22-12-14)11-16(20)18-15-7-5-4-6-13(15)2/h4-8,10,12H,3,9,11H2,1-2H3,(H,18,20). The van der Waals surface area contributed by atoms with Crippen molar-refractivity contribution in [3.63, 3.8) is 0 Å². The highest BCUT2D eigenvalue weighted by atomic mass is 32.1. The molecule has 0 unspecified atom stereocenters. The van der Waals surface area contributed by atoms with Gasteiger partial charge in [-0.05, 0) is 36.4 Å². The molecule has 5 heteroatoms.